The smallest absolute Gasteiger partial charge is 0.364 e. The fraction of sp³-hybridized carbons (Fsp3) is 0.658. The van der Waals surface area contributed by atoms with E-state index in [-0.39, 0.29) is 18.1 Å². The Bertz CT molecular complexity index is 958. The zero-order valence-electron chi connectivity index (χ0n) is 27.8. The number of unbranched alkanes of at least 4 members (excludes halogenated alkanes) is 11. The number of benzene rings is 2. The average Bonchev–Trinajstić information content (AvgIpc) is 2.97. The largest absolute Gasteiger partial charge is 0.490 e. The number of nitrogens with zero attached hydrogens (tertiary/aromatic N) is 1. The van der Waals surface area contributed by atoms with Gasteiger partial charge < -0.3 is 14.0 Å². The standard InChI is InChI=1S/C38H62NO3/c1-6-8-9-10-11-12-13-14-15-16-17-21-27-35-28-22-23-29-37(35)42-33(3)30-31-41-38(40)36(24-7-2)39(4,5)32-34-25-19-18-20-26-34/h18-20,22-23,25-26,28-29,33,36H,6-17,21,24,27,30-32H2,1-5H3/q+1. The number of esters is 1. The Labute approximate surface area is 258 Å². The van der Waals surface area contributed by atoms with Gasteiger partial charge in [-0.25, -0.2) is 4.79 Å². The zero-order chi connectivity index (χ0) is 30.5. The second-order valence-electron chi connectivity index (χ2n) is 12.9. The molecule has 0 heterocycles. The Morgan fingerprint density at radius 2 is 1.29 bits per heavy atom. The molecule has 236 valence electrons. The molecule has 2 aromatic rings. The summed E-state index contributed by atoms with van der Waals surface area (Å²) in [4.78, 5) is 13.2. The van der Waals surface area contributed by atoms with Gasteiger partial charge in [-0.3, -0.25) is 0 Å². The minimum absolute atomic E-state index is 0.0163. The Balaban J connectivity index is 1.69. The molecule has 2 unspecified atom stereocenters. The van der Waals surface area contributed by atoms with Crippen LogP contribution >= 0.6 is 0 Å². The van der Waals surface area contributed by atoms with Crippen LogP contribution in [0, 0.1) is 0 Å². The molecule has 0 N–H and O–H groups in total. The van der Waals surface area contributed by atoms with Crippen molar-refractivity contribution >= 4 is 5.97 Å². The number of para-hydroxylation sites is 1. The predicted molar refractivity (Wildman–Crippen MR) is 178 cm³/mol. The van der Waals surface area contributed by atoms with Gasteiger partial charge in [0, 0.05) is 18.4 Å². The van der Waals surface area contributed by atoms with Crippen molar-refractivity contribution in [1.29, 1.82) is 0 Å². The molecule has 4 nitrogen and oxygen atoms in total. The third kappa shape index (κ3) is 14.7. The Morgan fingerprint density at radius 3 is 1.90 bits per heavy atom. The molecule has 0 amide bonds. The maximum absolute atomic E-state index is 13.2. The van der Waals surface area contributed by atoms with Crippen molar-refractivity contribution in [2.75, 3.05) is 20.7 Å². The molecule has 2 atom stereocenters. The minimum atomic E-state index is -0.178. The summed E-state index contributed by atoms with van der Waals surface area (Å²) in [5.41, 5.74) is 2.52. The van der Waals surface area contributed by atoms with Crippen molar-refractivity contribution in [1.82, 2.24) is 0 Å². The molecule has 0 aromatic heterocycles. The van der Waals surface area contributed by atoms with E-state index in [2.05, 4.69) is 83.4 Å². The van der Waals surface area contributed by atoms with E-state index < -0.39 is 0 Å². The van der Waals surface area contributed by atoms with Gasteiger partial charge in [-0.05, 0) is 37.8 Å². The Kier molecular flexibility index (Phi) is 18.3. The number of hydrogen-bond acceptors (Lipinski definition) is 3. The van der Waals surface area contributed by atoms with Gasteiger partial charge >= 0.3 is 5.97 Å². The number of likely N-dealkylation sites (N-methyl/N-ethyl adjacent to an activating group) is 1. The Morgan fingerprint density at radius 1 is 0.714 bits per heavy atom. The van der Waals surface area contributed by atoms with Crippen LogP contribution in [0.5, 0.6) is 5.75 Å². The van der Waals surface area contributed by atoms with Crippen LogP contribution < -0.4 is 4.74 Å². The van der Waals surface area contributed by atoms with Crippen molar-refractivity contribution in [3.05, 3.63) is 65.7 Å². The maximum atomic E-state index is 13.2. The van der Waals surface area contributed by atoms with Gasteiger partial charge in [-0.15, -0.1) is 0 Å². The lowest BCUT2D eigenvalue weighted by atomic mass is 10.0. The van der Waals surface area contributed by atoms with Gasteiger partial charge in [0.1, 0.15) is 12.3 Å². The van der Waals surface area contributed by atoms with E-state index in [1.54, 1.807) is 0 Å². The number of carbonyl (C=O) groups excluding carboxylic acids is 1. The molecular weight excluding hydrogens is 518 g/mol. The van der Waals surface area contributed by atoms with Crippen LogP contribution in [0.3, 0.4) is 0 Å². The molecule has 0 aliphatic heterocycles. The van der Waals surface area contributed by atoms with Gasteiger partial charge in [0.2, 0.25) is 0 Å². The van der Waals surface area contributed by atoms with Crippen molar-refractivity contribution in [3.8, 4) is 5.75 Å². The van der Waals surface area contributed by atoms with Gasteiger partial charge in [0.15, 0.2) is 6.04 Å². The number of quaternary nitrogens is 1. The maximum Gasteiger partial charge on any atom is 0.364 e. The summed E-state index contributed by atoms with van der Waals surface area (Å²) in [6, 6.07) is 18.7. The van der Waals surface area contributed by atoms with Crippen LogP contribution in [0.25, 0.3) is 0 Å². The molecule has 0 saturated carbocycles. The molecule has 0 radical (unpaired) electrons. The lowest BCUT2D eigenvalue weighted by Crippen LogP contribution is -2.52. The van der Waals surface area contributed by atoms with Crippen molar-refractivity contribution in [2.24, 2.45) is 0 Å². The highest BCUT2D eigenvalue weighted by Crippen LogP contribution is 2.24. The number of aryl methyl sites for hydroxylation is 1. The third-order valence-electron chi connectivity index (χ3n) is 8.48. The predicted octanol–water partition coefficient (Wildman–Crippen LogP) is 10.1. The van der Waals surface area contributed by atoms with E-state index in [4.69, 9.17) is 9.47 Å². The topological polar surface area (TPSA) is 35.5 Å². The highest BCUT2D eigenvalue weighted by atomic mass is 16.5. The van der Waals surface area contributed by atoms with Gasteiger partial charge in [0.05, 0.1) is 26.8 Å². The molecule has 0 aliphatic carbocycles. The first-order valence-corrected chi connectivity index (χ1v) is 17.1. The summed E-state index contributed by atoms with van der Waals surface area (Å²) in [7, 11) is 4.27. The lowest BCUT2D eigenvalue weighted by molar-refractivity contribution is -0.920. The monoisotopic (exact) mass is 580 g/mol. The second-order valence-corrected chi connectivity index (χ2v) is 12.9. The van der Waals surface area contributed by atoms with Crippen LogP contribution in [-0.2, 0) is 22.5 Å². The molecule has 0 bridgehead atoms. The van der Waals surface area contributed by atoms with E-state index in [0.29, 0.717) is 17.5 Å². The first-order chi connectivity index (χ1) is 20.4. The number of hydrogen-bond donors (Lipinski definition) is 0. The van der Waals surface area contributed by atoms with E-state index in [1.807, 2.05) is 6.07 Å². The summed E-state index contributed by atoms with van der Waals surface area (Å²) in [5, 5.41) is 0. The van der Waals surface area contributed by atoms with E-state index in [1.165, 1.54) is 88.2 Å². The zero-order valence-corrected chi connectivity index (χ0v) is 27.8. The summed E-state index contributed by atoms with van der Waals surface area (Å²) in [6.45, 7) is 7.68. The fourth-order valence-corrected chi connectivity index (χ4v) is 5.87. The molecule has 0 fully saturated rings. The fourth-order valence-electron chi connectivity index (χ4n) is 5.87. The summed E-state index contributed by atoms with van der Waals surface area (Å²) >= 11 is 0. The first-order valence-electron chi connectivity index (χ1n) is 17.1. The number of carbonyl (C=O) groups is 1. The highest BCUT2D eigenvalue weighted by Gasteiger charge is 2.35. The average molecular weight is 581 g/mol. The number of ether oxygens (including phenoxy) is 2. The molecule has 42 heavy (non-hydrogen) atoms. The second kappa shape index (κ2) is 21.4. The molecule has 2 aromatic carbocycles. The summed E-state index contributed by atoms with van der Waals surface area (Å²) in [6.07, 6.45) is 19.9. The molecule has 4 heteroatoms. The highest BCUT2D eigenvalue weighted by molar-refractivity contribution is 5.74. The molecular formula is C38H62NO3+. The lowest BCUT2D eigenvalue weighted by Gasteiger charge is -2.36. The first kappa shape index (κ1) is 35.9. The van der Waals surface area contributed by atoms with Crippen LogP contribution in [-0.4, -0.2) is 43.3 Å². The van der Waals surface area contributed by atoms with Crippen LogP contribution in [0.2, 0.25) is 0 Å². The van der Waals surface area contributed by atoms with Gasteiger partial charge in [0.25, 0.3) is 0 Å². The molecule has 0 spiro atoms. The molecule has 0 saturated heterocycles. The van der Waals surface area contributed by atoms with Crippen LogP contribution in [0.4, 0.5) is 0 Å². The van der Waals surface area contributed by atoms with Crippen LogP contribution in [0.1, 0.15) is 128 Å². The van der Waals surface area contributed by atoms with Crippen molar-refractivity contribution in [2.45, 2.75) is 142 Å². The van der Waals surface area contributed by atoms with Crippen LogP contribution in [0.15, 0.2) is 54.6 Å². The van der Waals surface area contributed by atoms with Crippen molar-refractivity contribution in [3.63, 3.8) is 0 Å². The van der Waals surface area contributed by atoms with E-state index in [0.717, 1.165) is 31.6 Å². The number of rotatable bonds is 24. The SMILES string of the molecule is CCCCCCCCCCCCCCc1ccccc1OC(C)CCOC(=O)C(CCC)[N+](C)(C)Cc1ccccc1. The summed E-state index contributed by atoms with van der Waals surface area (Å²) in [5.74, 6) is 0.876. The normalized spacial score (nSPS) is 13.1. The quantitative estimate of drug-likeness (QED) is 0.0704. The summed E-state index contributed by atoms with van der Waals surface area (Å²) < 4.78 is 12.8. The Hall–Kier alpha value is -2.33. The van der Waals surface area contributed by atoms with Gasteiger partial charge in [-0.1, -0.05) is 133 Å². The van der Waals surface area contributed by atoms with E-state index >= 15 is 0 Å². The van der Waals surface area contributed by atoms with Gasteiger partial charge in [-0.2, -0.15) is 0 Å². The van der Waals surface area contributed by atoms with E-state index in [9.17, 15) is 4.79 Å². The molecule has 2 rings (SSSR count). The third-order valence-corrected chi connectivity index (χ3v) is 8.48. The minimum Gasteiger partial charge on any atom is -0.490 e. The molecule has 0 aliphatic rings. The van der Waals surface area contributed by atoms with Crippen molar-refractivity contribution < 1.29 is 18.8 Å².